The van der Waals surface area contributed by atoms with Gasteiger partial charge in [-0.15, -0.1) is 0 Å². The Balaban J connectivity index is 2.55. The smallest absolute Gasteiger partial charge is 0.324 e. The third kappa shape index (κ3) is 3.37. The van der Waals surface area contributed by atoms with Crippen LogP contribution in [0.2, 0.25) is 5.02 Å². The number of halogens is 1. The predicted molar refractivity (Wildman–Crippen MR) is 84.8 cm³/mol. The molecule has 0 atom stereocenters. The van der Waals surface area contributed by atoms with Crippen molar-refractivity contribution >= 4 is 23.5 Å². The molecule has 0 unspecified atom stereocenters. The van der Waals surface area contributed by atoms with Crippen LogP contribution >= 0.6 is 11.6 Å². The van der Waals surface area contributed by atoms with E-state index in [4.69, 9.17) is 21.1 Å². The molecule has 0 saturated heterocycles. The van der Waals surface area contributed by atoms with Gasteiger partial charge in [-0.25, -0.2) is 4.68 Å². The highest BCUT2D eigenvalue weighted by atomic mass is 35.5. The first-order valence-electron chi connectivity index (χ1n) is 6.86. The van der Waals surface area contributed by atoms with Gasteiger partial charge in [0.05, 0.1) is 31.1 Å². The summed E-state index contributed by atoms with van der Waals surface area (Å²) in [5.41, 5.74) is 2.87. The number of methoxy groups -OCH3 is 2. The highest BCUT2D eigenvalue weighted by molar-refractivity contribution is 6.30. The van der Waals surface area contributed by atoms with Gasteiger partial charge < -0.3 is 9.47 Å². The summed E-state index contributed by atoms with van der Waals surface area (Å²) in [4.78, 5) is 24.0. The van der Waals surface area contributed by atoms with Gasteiger partial charge in [0.25, 0.3) is 0 Å². The molecule has 0 spiro atoms. The van der Waals surface area contributed by atoms with Crippen LogP contribution in [0, 0.1) is 13.8 Å². The Morgan fingerprint density at radius 2 is 1.65 bits per heavy atom. The Labute approximate surface area is 139 Å². The lowest BCUT2D eigenvalue weighted by atomic mass is 9.90. The summed E-state index contributed by atoms with van der Waals surface area (Å²) in [6, 6.07) is 3.65. The number of hydrogen-bond acceptors (Lipinski definition) is 5. The van der Waals surface area contributed by atoms with Crippen LogP contribution in [0.5, 0.6) is 0 Å². The van der Waals surface area contributed by atoms with Crippen molar-refractivity contribution in [2.45, 2.75) is 19.8 Å². The van der Waals surface area contributed by atoms with Crippen LogP contribution in [0.1, 0.15) is 22.6 Å². The summed E-state index contributed by atoms with van der Waals surface area (Å²) in [6.07, 6.45) is 3.21. The van der Waals surface area contributed by atoms with E-state index in [2.05, 4.69) is 5.10 Å². The first kappa shape index (κ1) is 17.0. The molecular weight excluding hydrogens is 320 g/mol. The van der Waals surface area contributed by atoms with E-state index < -0.39 is 17.9 Å². The van der Waals surface area contributed by atoms with E-state index in [0.29, 0.717) is 10.6 Å². The number of benzene rings is 1. The van der Waals surface area contributed by atoms with Crippen molar-refractivity contribution in [3.8, 4) is 5.69 Å². The van der Waals surface area contributed by atoms with Crippen LogP contribution in [0.4, 0.5) is 0 Å². The maximum atomic E-state index is 12.0. The largest absolute Gasteiger partial charge is 0.468 e. The standard InChI is InChI=1S/C16H17ClN2O4/c1-9-5-12(19-8-11(17)7-18-19)6-10(2)13(9)14(15(20)22-3)16(21)23-4/h5-8,14H,1-4H3. The number of esters is 2. The van der Waals surface area contributed by atoms with E-state index in [1.165, 1.54) is 20.4 Å². The molecular formula is C16H17ClN2O4. The zero-order chi connectivity index (χ0) is 17.1. The molecule has 1 aromatic heterocycles. The highest BCUT2D eigenvalue weighted by Gasteiger charge is 2.33. The lowest BCUT2D eigenvalue weighted by Crippen LogP contribution is -2.26. The van der Waals surface area contributed by atoms with E-state index in [9.17, 15) is 9.59 Å². The number of aryl methyl sites for hydroxylation is 2. The molecule has 0 bridgehead atoms. The molecule has 0 aliphatic carbocycles. The van der Waals surface area contributed by atoms with Gasteiger partial charge in [-0.2, -0.15) is 5.10 Å². The number of aromatic nitrogens is 2. The van der Waals surface area contributed by atoms with E-state index >= 15 is 0 Å². The third-order valence-corrected chi connectivity index (χ3v) is 3.75. The summed E-state index contributed by atoms with van der Waals surface area (Å²) in [6.45, 7) is 3.63. The molecule has 0 N–H and O–H groups in total. The SMILES string of the molecule is COC(=O)C(C(=O)OC)c1c(C)cc(-n2cc(Cl)cn2)cc1C. The Hall–Kier alpha value is -2.34. The van der Waals surface area contributed by atoms with Crippen LogP contribution in [0.25, 0.3) is 5.69 Å². The number of carbonyl (C=O) groups excluding carboxylic acids is 2. The molecule has 2 aromatic rings. The summed E-state index contributed by atoms with van der Waals surface area (Å²) in [5, 5.41) is 4.67. The fourth-order valence-corrected chi connectivity index (χ4v) is 2.69. The molecule has 0 saturated carbocycles. The Bertz CT molecular complexity index is 715. The minimum Gasteiger partial charge on any atom is -0.468 e. The van der Waals surface area contributed by atoms with E-state index in [1.807, 2.05) is 26.0 Å². The predicted octanol–water partition coefficient (Wildman–Crippen LogP) is 2.57. The van der Waals surface area contributed by atoms with Gasteiger partial charge in [0, 0.05) is 6.20 Å². The number of nitrogens with zero attached hydrogens (tertiary/aromatic N) is 2. The number of carbonyl (C=O) groups is 2. The van der Waals surface area contributed by atoms with Gasteiger partial charge in [0.2, 0.25) is 0 Å². The van der Waals surface area contributed by atoms with Crippen molar-refractivity contribution in [1.29, 1.82) is 0 Å². The summed E-state index contributed by atoms with van der Waals surface area (Å²) < 4.78 is 11.1. The average Bonchev–Trinajstić information content (AvgIpc) is 2.95. The van der Waals surface area contributed by atoms with Crippen molar-refractivity contribution in [2.75, 3.05) is 14.2 Å². The minimum atomic E-state index is -1.11. The molecule has 2 rings (SSSR count). The molecule has 23 heavy (non-hydrogen) atoms. The highest BCUT2D eigenvalue weighted by Crippen LogP contribution is 2.29. The van der Waals surface area contributed by atoms with Crippen LogP contribution in [0.3, 0.4) is 0 Å². The van der Waals surface area contributed by atoms with Crippen molar-refractivity contribution in [2.24, 2.45) is 0 Å². The summed E-state index contributed by atoms with van der Waals surface area (Å²) in [5.74, 6) is -2.42. The molecule has 0 radical (unpaired) electrons. The lowest BCUT2D eigenvalue weighted by molar-refractivity contribution is -0.154. The molecule has 0 amide bonds. The second-order valence-corrected chi connectivity index (χ2v) is 5.51. The molecule has 6 nitrogen and oxygen atoms in total. The van der Waals surface area contributed by atoms with E-state index in [0.717, 1.165) is 16.8 Å². The van der Waals surface area contributed by atoms with Crippen molar-refractivity contribution in [3.63, 3.8) is 0 Å². The third-order valence-electron chi connectivity index (χ3n) is 3.56. The first-order chi connectivity index (χ1) is 10.9. The summed E-state index contributed by atoms with van der Waals surface area (Å²) >= 11 is 5.89. The Morgan fingerprint density at radius 3 is 2.04 bits per heavy atom. The second kappa shape index (κ2) is 6.83. The molecule has 122 valence electrons. The summed E-state index contributed by atoms with van der Waals surface area (Å²) in [7, 11) is 2.48. The molecule has 0 fully saturated rings. The van der Waals surface area contributed by atoms with Gasteiger partial charge in [0.1, 0.15) is 0 Å². The Morgan fingerprint density at radius 1 is 1.13 bits per heavy atom. The van der Waals surface area contributed by atoms with Gasteiger partial charge >= 0.3 is 11.9 Å². The number of rotatable bonds is 4. The molecule has 1 aromatic carbocycles. The normalized spacial score (nSPS) is 10.7. The van der Waals surface area contributed by atoms with Crippen molar-refractivity contribution < 1.29 is 19.1 Å². The molecule has 0 aliphatic heterocycles. The zero-order valence-electron chi connectivity index (χ0n) is 13.3. The van der Waals surface area contributed by atoms with Crippen molar-refractivity contribution in [3.05, 3.63) is 46.2 Å². The first-order valence-corrected chi connectivity index (χ1v) is 7.24. The number of hydrogen-bond donors (Lipinski definition) is 0. The van der Waals surface area contributed by atoms with Gasteiger partial charge in [-0.05, 0) is 42.7 Å². The Kier molecular flexibility index (Phi) is 5.05. The van der Waals surface area contributed by atoms with Crippen LogP contribution in [0.15, 0.2) is 24.5 Å². The van der Waals surface area contributed by atoms with Crippen molar-refractivity contribution in [1.82, 2.24) is 9.78 Å². The van der Waals surface area contributed by atoms with Gasteiger partial charge in [0.15, 0.2) is 5.92 Å². The fraction of sp³-hybridized carbons (Fsp3) is 0.312. The second-order valence-electron chi connectivity index (χ2n) is 5.08. The quantitative estimate of drug-likeness (QED) is 0.634. The average molecular weight is 337 g/mol. The van der Waals surface area contributed by atoms with E-state index in [-0.39, 0.29) is 0 Å². The van der Waals surface area contributed by atoms with Crippen LogP contribution < -0.4 is 0 Å². The maximum absolute atomic E-state index is 12.0. The minimum absolute atomic E-state index is 0.520. The van der Waals surface area contributed by atoms with Crippen LogP contribution in [-0.4, -0.2) is 35.9 Å². The van der Waals surface area contributed by atoms with E-state index in [1.54, 1.807) is 10.9 Å². The van der Waals surface area contributed by atoms with Gasteiger partial charge in [-0.1, -0.05) is 11.6 Å². The van der Waals surface area contributed by atoms with Gasteiger partial charge in [-0.3, -0.25) is 9.59 Å². The molecule has 7 heteroatoms. The topological polar surface area (TPSA) is 70.4 Å². The number of ether oxygens (including phenoxy) is 2. The maximum Gasteiger partial charge on any atom is 0.324 e. The van der Waals surface area contributed by atoms with Crippen LogP contribution in [-0.2, 0) is 19.1 Å². The lowest BCUT2D eigenvalue weighted by Gasteiger charge is -2.19. The zero-order valence-corrected chi connectivity index (χ0v) is 14.0. The fourth-order valence-electron chi connectivity index (χ4n) is 2.55. The molecule has 0 aliphatic rings. The monoisotopic (exact) mass is 336 g/mol. The molecule has 1 heterocycles.